The Morgan fingerprint density at radius 3 is 2.68 bits per heavy atom. The minimum atomic E-state index is -3.23. The van der Waals surface area contributed by atoms with E-state index in [0.29, 0.717) is 12.5 Å². The Morgan fingerprint density at radius 1 is 1.36 bits per heavy atom. The number of H-pyrrole nitrogens is 2. The summed E-state index contributed by atoms with van der Waals surface area (Å²) in [5.41, 5.74) is -1.52. The fourth-order valence-electron chi connectivity index (χ4n) is 1.52. The van der Waals surface area contributed by atoms with Crippen molar-refractivity contribution in [1.29, 1.82) is 0 Å². The molecule has 2 aromatic rings. The van der Waals surface area contributed by atoms with Gasteiger partial charge in [0, 0.05) is 30.5 Å². The van der Waals surface area contributed by atoms with Crippen molar-refractivity contribution in [2.45, 2.75) is 23.8 Å². The lowest BCUT2D eigenvalue weighted by Crippen LogP contribution is -2.17. The molecule has 0 spiro atoms. The predicted octanol–water partition coefficient (Wildman–Crippen LogP) is 3.17. The fraction of sp³-hybridized carbons (Fsp3) is 0.250. The number of halogens is 4. The minimum Gasteiger partial charge on any atom is -0.326 e. The number of hydrogen-bond acceptors (Lipinski definition) is 4. The Balaban J connectivity index is 2.30. The maximum absolute atomic E-state index is 13.2. The molecule has 2 rings (SSSR count). The molecule has 5 nitrogen and oxygen atoms in total. The van der Waals surface area contributed by atoms with E-state index in [1.54, 1.807) is 0 Å². The Bertz CT molecular complexity index is 817. The lowest BCUT2D eigenvalue weighted by Gasteiger charge is -2.10. The van der Waals surface area contributed by atoms with Crippen LogP contribution in [-0.2, 0) is 11.7 Å². The lowest BCUT2D eigenvalue weighted by molar-refractivity contribution is 0.0118. The van der Waals surface area contributed by atoms with Crippen LogP contribution in [0.25, 0.3) is 0 Å². The van der Waals surface area contributed by atoms with Crippen LogP contribution in [-0.4, -0.2) is 15.0 Å². The zero-order chi connectivity index (χ0) is 16.5. The Kier molecular flexibility index (Phi) is 4.93. The van der Waals surface area contributed by atoms with Gasteiger partial charge in [0.15, 0.2) is 5.16 Å². The summed E-state index contributed by atoms with van der Waals surface area (Å²) >= 11 is 12.7. The van der Waals surface area contributed by atoms with Crippen molar-refractivity contribution >= 4 is 35.0 Å². The number of hydrogen-bond donors (Lipinski definition) is 2. The van der Waals surface area contributed by atoms with E-state index < -0.39 is 22.7 Å². The first kappa shape index (κ1) is 17.0. The minimum absolute atomic E-state index is 0.0172. The topological polar surface area (TPSA) is 78.6 Å². The second kappa shape index (κ2) is 6.39. The number of alkyl halides is 2. The van der Waals surface area contributed by atoms with Crippen molar-refractivity contribution in [3.63, 3.8) is 0 Å². The summed E-state index contributed by atoms with van der Waals surface area (Å²) in [5.74, 6) is -3.15. The van der Waals surface area contributed by atoms with Gasteiger partial charge in [-0.15, -0.1) is 0 Å². The maximum atomic E-state index is 13.2. The van der Waals surface area contributed by atoms with Crippen LogP contribution in [0.2, 0.25) is 10.0 Å². The van der Waals surface area contributed by atoms with Crippen LogP contribution in [0.4, 0.5) is 8.78 Å². The summed E-state index contributed by atoms with van der Waals surface area (Å²) in [7, 11) is 0. The lowest BCUT2D eigenvalue weighted by atomic mass is 10.3. The molecular formula is C12H9Cl2F2N3O2S. The number of nitrogens with zero attached hydrogens (tertiary/aromatic N) is 1. The van der Waals surface area contributed by atoms with Gasteiger partial charge in [0.1, 0.15) is 10.7 Å². The quantitative estimate of drug-likeness (QED) is 0.642. The third kappa shape index (κ3) is 3.88. The van der Waals surface area contributed by atoms with Gasteiger partial charge in [0.25, 0.3) is 17.0 Å². The largest absolute Gasteiger partial charge is 0.326 e. The third-order valence-electron chi connectivity index (χ3n) is 2.61. The number of pyridine rings is 1. The molecular weight excluding hydrogens is 359 g/mol. The molecule has 0 saturated carbocycles. The number of rotatable bonds is 4. The highest BCUT2D eigenvalue weighted by Crippen LogP contribution is 2.29. The summed E-state index contributed by atoms with van der Waals surface area (Å²) in [5, 5.41) is 0.104. The molecule has 0 aromatic carbocycles. The maximum Gasteiger partial charge on any atom is 0.287 e. The molecule has 2 heterocycles. The first-order chi connectivity index (χ1) is 10.2. The van der Waals surface area contributed by atoms with E-state index in [9.17, 15) is 18.4 Å². The van der Waals surface area contributed by atoms with Crippen LogP contribution < -0.4 is 11.1 Å². The zero-order valence-corrected chi connectivity index (χ0v) is 13.4. The number of aromatic amines is 2. The molecule has 10 heteroatoms. The number of nitrogens with one attached hydrogen (secondary N) is 2. The van der Waals surface area contributed by atoms with Crippen molar-refractivity contribution in [2.75, 3.05) is 0 Å². The molecule has 0 saturated heterocycles. The average Bonchev–Trinajstić information content (AvgIpc) is 2.41. The van der Waals surface area contributed by atoms with E-state index in [0.717, 1.165) is 17.8 Å². The Labute approximate surface area is 137 Å². The molecule has 0 aliphatic carbocycles. The van der Waals surface area contributed by atoms with E-state index >= 15 is 0 Å². The zero-order valence-electron chi connectivity index (χ0n) is 11.0. The van der Waals surface area contributed by atoms with Gasteiger partial charge >= 0.3 is 0 Å². The molecule has 118 valence electrons. The van der Waals surface area contributed by atoms with Gasteiger partial charge in [0.05, 0.1) is 5.02 Å². The van der Waals surface area contributed by atoms with Crippen molar-refractivity contribution < 1.29 is 8.78 Å². The van der Waals surface area contributed by atoms with Crippen molar-refractivity contribution in [2.24, 2.45) is 0 Å². The number of thioether (sulfide) groups is 1. The highest BCUT2D eigenvalue weighted by molar-refractivity contribution is 7.98. The molecule has 2 aromatic heterocycles. The van der Waals surface area contributed by atoms with Gasteiger partial charge in [0.2, 0.25) is 0 Å². The molecule has 0 atom stereocenters. The molecule has 22 heavy (non-hydrogen) atoms. The van der Waals surface area contributed by atoms with E-state index in [-0.39, 0.29) is 21.0 Å². The first-order valence-corrected chi connectivity index (χ1v) is 7.60. The summed E-state index contributed by atoms with van der Waals surface area (Å²) in [6, 6.07) is 0.733. The van der Waals surface area contributed by atoms with Gasteiger partial charge in [-0.1, -0.05) is 35.0 Å². The SMILES string of the molecule is CC(F)(F)c1cc(=O)[nH]c(SCc2c(Cl)c[nH]c(=O)c2Cl)n1. The van der Waals surface area contributed by atoms with Crippen LogP contribution in [0.1, 0.15) is 18.2 Å². The van der Waals surface area contributed by atoms with E-state index in [1.165, 1.54) is 6.20 Å². The van der Waals surface area contributed by atoms with E-state index in [4.69, 9.17) is 23.2 Å². The second-order valence-electron chi connectivity index (χ2n) is 4.37. The highest BCUT2D eigenvalue weighted by atomic mass is 35.5. The Hall–Kier alpha value is -1.38. The molecule has 0 amide bonds. The van der Waals surface area contributed by atoms with Crippen molar-refractivity contribution in [1.82, 2.24) is 15.0 Å². The van der Waals surface area contributed by atoms with Crippen LogP contribution in [0.5, 0.6) is 0 Å². The monoisotopic (exact) mass is 367 g/mol. The second-order valence-corrected chi connectivity index (χ2v) is 6.12. The Morgan fingerprint density at radius 2 is 2.05 bits per heavy atom. The smallest absolute Gasteiger partial charge is 0.287 e. The van der Waals surface area contributed by atoms with Gasteiger partial charge in [-0.05, 0) is 0 Å². The van der Waals surface area contributed by atoms with Gasteiger partial charge in [-0.3, -0.25) is 9.59 Å². The fourth-order valence-corrected chi connectivity index (χ4v) is 3.09. The summed E-state index contributed by atoms with van der Waals surface area (Å²) < 4.78 is 26.5. The molecule has 0 fully saturated rings. The van der Waals surface area contributed by atoms with Crippen LogP contribution in [0.3, 0.4) is 0 Å². The van der Waals surface area contributed by atoms with Crippen LogP contribution in [0.15, 0.2) is 27.0 Å². The van der Waals surface area contributed by atoms with Crippen molar-refractivity contribution in [3.05, 3.63) is 54.3 Å². The summed E-state index contributed by atoms with van der Waals surface area (Å²) in [6.45, 7) is 0.647. The highest BCUT2D eigenvalue weighted by Gasteiger charge is 2.27. The van der Waals surface area contributed by atoms with Crippen molar-refractivity contribution in [3.8, 4) is 0 Å². The normalized spacial score (nSPS) is 11.7. The van der Waals surface area contributed by atoms with Gasteiger partial charge < -0.3 is 9.97 Å². The molecule has 0 radical (unpaired) electrons. The molecule has 0 bridgehead atoms. The van der Waals surface area contributed by atoms with E-state index in [1.807, 2.05) is 0 Å². The molecule has 2 N–H and O–H groups in total. The molecule has 0 unspecified atom stereocenters. The van der Waals surface area contributed by atoms with E-state index in [2.05, 4.69) is 15.0 Å². The standard InChI is InChI=1S/C12H9Cl2F2N3O2S/c1-12(15,16)7-2-8(20)19-11(18-7)22-4-5-6(13)3-17-10(21)9(5)14/h2-3H,4H2,1H3,(H,17,21)(H,18,19,20). The predicted molar refractivity (Wildman–Crippen MR) is 81.1 cm³/mol. The molecule has 0 aliphatic rings. The molecule has 0 aliphatic heterocycles. The summed E-state index contributed by atoms with van der Waals surface area (Å²) in [6.07, 6.45) is 1.28. The summed E-state index contributed by atoms with van der Waals surface area (Å²) in [4.78, 5) is 31.2. The van der Waals surface area contributed by atoms with Crippen LogP contribution in [0, 0.1) is 0 Å². The van der Waals surface area contributed by atoms with Gasteiger partial charge in [-0.25, -0.2) is 4.98 Å². The van der Waals surface area contributed by atoms with Gasteiger partial charge in [-0.2, -0.15) is 8.78 Å². The number of aromatic nitrogens is 3. The average molecular weight is 368 g/mol. The first-order valence-electron chi connectivity index (χ1n) is 5.86. The van der Waals surface area contributed by atoms with Crippen LogP contribution >= 0.6 is 35.0 Å². The third-order valence-corrected chi connectivity index (χ3v) is 4.24.